The normalized spacial score (nSPS) is 35.0. The second kappa shape index (κ2) is 3.88. The summed E-state index contributed by atoms with van der Waals surface area (Å²) >= 11 is 0. The zero-order chi connectivity index (χ0) is 11.7. The molecule has 1 fully saturated rings. The van der Waals surface area contributed by atoms with Crippen LogP contribution in [0.3, 0.4) is 0 Å². The lowest BCUT2D eigenvalue weighted by molar-refractivity contribution is -0.153. The van der Waals surface area contributed by atoms with Gasteiger partial charge in [0.25, 0.3) is 0 Å². The van der Waals surface area contributed by atoms with Crippen molar-refractivity contribution in [2.75, 3.05) is 0 Å². The minimum atomic E-state index is -1.24. The molecule has 0 bridgehead atoms. The van der Waals surface area contributed by atoms with Crippen molar-refractivity contribution in [1.82, 2.24) is 0 Å². The van der Waals surface area contributed by atoms with E-state index in [-0.39, 0.29) is 6.42 Å². The van der Waals surface area contributed by atoms with Crippen LogP contribution in [0.5, 0.6) is 0 Å². The molecular weight excluding hydrogens is 204 g/mol. The SMILES string of the molecule is C[C@@H]1C(C(=O)O)C[C@H](C(=O)O)[C@@H]1C(=O)O. The van der Waals surface area contributed by atoms with Crippen LogP contribution >= 0.6 is 0 Å². The molecule has 0 heterocycles. The topological polar surface area (TPSA) is 112 Å². The Balaban J connectivity index is 2.97. The fourth-order valence-electron chi connectivity index (χ4n) is 2.23. The molecule has 1 saturated carbocycles. The van der Waals surface area contributed by atoms with Crippen molar-refractivity contribution in [3.8, 4) is 0 Å². The van der Waals surface area contributed by atoms with Crippen LogP contribution in [0.2, 0.25) is 0 Å². The minimum absolute atomic E-state index is 0.108. The first-order chi connectivity index (χ1) is 6.86. The minimum Gasteiger partial charge on any atom is -0.481 e. The number of carboxylic acid groups (broad SMARTS) is 3. The molecule has 6 nitrogen and oxygen atoms in total. The van der Waals surface area contributed by atoms with Gasteiger partial charge in [0.05, 0.1) is 17.8 Å². The van der Waals surface area contributed by atoms with Gasteiger partial charge in [-0.05, 0) is 12.3 Å². The van der Waals surface area contributed by atoms with Crippen molar-refractivity contribution in [1.29, 1.82) is 0 Å². The third-order valence-corrected chi connectivity index (χ3v) is 3.06. The number of hydrogen-bond donors (Lipinski definition) is 3. The highest BCUT2D eigenvalue weighted by atomic mass is 16.4. The van der Waals surface area contributed by atoms with Gasteiger partial charge in [-0.25, -0.2) is 0 Å². The highest BCUT2D eigenvalue weighted by Crippen LogP contribution is 2.41. The Hall–Kier alpha value is -1.59. The van der Waals surface area contributed by atoms with Crippen LogP contribution in [-0.4, -0.2) is 33.2 Å². The summed E-state index contributed by atoms with van der Waals surface area (Å²) in [4.78, 5) is 32.4. The van der Waals surface area contributed by atoms with E-state index in [1.807, 2.05) is 0 Å². The first kappa shape index (κ1) is 11.5. The molecule has 15 heavy (non-hydrogen) atoms. The van der Waals surface area contributed by atoms with E-state index in [0.29, 0.717) is 0 Å². The van der Waals surface area contributed by atoms with Gasteiger partial charge in [0, 0.05) is 0 Å². The Bertz CT molecular complexity index is 310. The summed E-state index contributed by atoms with van der Waals surface area (Å²) in [6.07, 6.45) is -0.108. The van der Waals surface area contributed by atoms with Gasteiger partial charge in [-0.15, -0.1) is 0 Å². The third-order valence-electron chi connectivity index (χ3n) is 3.06. The van der Waals surface area contributed by atoms with E-state index in [1.54, 1.807) is 0 Å². The van der Waals surface area contributed by atoms with Gasteiger partial charge >= 0.3 is 17.9 Å². The molecule has 0 radical (unpaired) electrons. The molecule has 1 aliphatic rings. The summed E-state index contributed by atoms with van der Waals surface area (Å²) < 4.78 is 0. The molecule has 6 heteroatoms. The molecule has 1 unspecified atom stereocenters. The Morgan fingerprint density at radius 3 is 1.67 bits per heavy atom. The lowest BCUT2D eigenvalue weighted by Gasteiger charge is -2.15. The van der Waals surface area contributed by atoms with Crippen molar-refractivity contribution < 1.29 is 29.7 Å². The van der Waals surface area contributed by atoms with Crippen molar-refractivity contribution >= 4 is 17.9 Å². The van der Waals surface area contributed by atoms with Crippen LogP contribution in [0.4, 0.5) is 0 Å². The molecule has 0 aliphatic heterocycles. The van der Waals surface area contributed by atoms with Crippen LogP contribution in [0, 0.1) is 23.7 Å². The number of aliphatic carboxylic acids is 3. The maximum atomic E-state index is 10.8. The summed E-state index contributed by atoms with van der Waals surface area (Å²) in [6, 6.07) is 0. The van der Waals surface area contributed by atoms with E-state index in [9.17, 15) is 14.4 Å². The first-order valence-electron chi connectivity index (χ1n) is 4.54. The maximum absolute atomic E-state index is 10.8. The molecular formula is C9H12O6. The zero-order valence-electron chi connectivity index (χ0n) is 8.08. The molecule has 84 valence electrons. The molecule has 1 rings (SSSR count). The zero-order valence-corrected chi connectivity index (χ0v) is 8.08. The Kier molecular flexibility index (Phi) is 2.97. The quantitative estimate of drug-likeness (QED) is 0.618. The smallest absolute Gasteiger partial charge is 0.307 e. The van der Waals surface area contributed by atoms with Gasteiger partial charge in [0.1, 0.15) is 0 Å². The van der Waals surface area contributed by atoms with Gasteiger partial charge in [-0.3, -0.25) is 14.4 Å². The average molecular weight is 216 g/mol. The summed E-state index contributed by atoms with van der Waals surface area (Å²) in [7, 11) is 0. The number of carbonyl (C=O) groups is 3. The lowest BCUT2D eigenvalue weighted by Crippen LogP contribution is -2.29. The van der Waals surface area contributed by atoms with Crippen LogP contribution < -0.4 is 0 Å². The average Bonchev–Trinajstić information content (AvgIpc) is 2.42. The summed E-state index contributed by atoms with van der Waals surface area (Å²) in [5, 5.41) is 26.4. The third kappa shape index (κ3) is 1.93. The summed E-state index contributed by atoms with van der Waals surface area (Å²) in [5.41, 5.74) is 0. The van der Waals surface area contributed by atoms with Gasteiger partial charge in [0.15, 0.2) is 0 Å². The Labute approximate surface area is 85.5 Å². The fourth-order valence-corrected chi connectivity index (χ4v) is 2.23. The van der Waals surface area contributed by atoms with E-state index < -0.39 is 41.6 Å². The summed E-state index contributed by atoms with van der Waals surface area (Å²) in [5.74, 6) is -7.34. The molecule has 0 saturated heterocycles. The molecule has 1 aliphatic carbocycles. The van der Waals surface area contributed by atoms with E-state index >= 15 is 0 Å². The van der Waals surface area contributed by atoms with Gasteiger partial charge in [-0.2, -0.15) is 0 Å². The van der Waals surface area contributed by atoms with Crippen molar-refractivity contribution in [3.63, 3.8) is 0 Å². The van der Waals surface area contributed by atoms with Crippen LogP contribution in [-0.2, 0) is 14.4 Å². The van der Waals surface area contributed by atoms with E-state index in [4.69, 9.17) is 15.3 Å². The van der Waals surface area contributed by atoms with E-state index in [1.165, 1.54) is 6.92 Å². The monoisotopic (exact) mass is 216 g/mol. The Morgan fingerprint density at radius 2 is 1.40 bits per heavy atom. The second-order valence-electron chi connectivity index (χ2n) is 3.85. The predicted molar refractivity (Wildman–Crippen MR) is 47.2 cm³/mol. The van der Waals surface area contributed by atoms with Crippen molar-refractivity contribution in [2.45, 2.75) is 13.3 Å². The van der Waals surface area contributed by atoms with Gasteiger partial charge in [-0.1, -0.05) is 6.92 Å². The number of rotatable bonds is 3. The molecule has 4 atom stereocenters. The molecule has 0 aromatic heterocycles. The van der Waals surface area contributed by atoms with E-state index in [0.717, 1.165) is 0 Å². The van der Waals surface area contributed by atoms with Crippen molar-refractivity contribution in [2.24, 2.45) is 23.7 Å². The second-order valence-corrected chi connectivity index (χ2v) is 3.85. The molecule has 0 aromatic carbocycles. The number of carboxylic acids is 3. The van der Waals surface area contributed by atoms with Crippen LogP contribution in [0.15, 0.2) is 0 Å². The molecule has 0 amide bonds. The van der Waals surface area contributed by atoms with Crippen molar-refractivity contribution in [3.05, 3.63) is 0 Å². The lowest BCUT2D eigenvalue weighted by atomic mass is 9.88. The van der Waals surface area contributed by atoms with Gasteiger partial charge < -0.3 is 15.3 Å². The predicted octanol–water partition coefficient (Wildman–Crippen LogP) is 0.129. The standard InChI is InChI=1S/C9H12O6/c1-3-4(7(10)11)2-5(8(12)13)6(3)9(14)15/h3-6H,2H2,1H3,(H,10,11)(H,12,13)(H,14,15)/t3-,4?,5+,6-/m1/s1. The highest BCUT2D eigenvalue weighted by molar-refractivity contribution is 5.83. The highest BCUT2D eigenvalue weighted by Gasteiger charge is 2.50. The van der Waals surface area contributed by atoms with Crippen LogP contribution in [0.25, 0.3) is 0 Å². The Morgan fingerprint density at radius 1 is 0.933 bits per heavy atom. The van der Waals surface area contributed by atoms with E-state index in [2.05, 4.69) is 0 Å². The molecule has 0 aromatic rings. The largest absolute Gasteiger partial charge is 0.481 e. The summed E-state index contributed by atoms with van der Waals surface area (Å²) in [6.45, 7) is 1.47. The maximum Gasteiger partial charge on any atom is 0.307 e. The van der Waals surface area contributed by atoms with Gasteiger partial charge in [0.2, 0.25) is 0 Å². The fraction of sp³-hybridized carbons (Fsp3) is 0.667. The molecule has 3 N–H and O–H groups in total. The van der Waals surface area contributed by atoms with Crippen LogP contribution in [0.1, 0.15) is 13.3 Å². The first-order valence-corrected chi connectivity index (χ1v) is 4.54. The molecule has 0 spiro atoms. The number of hydrogen-bond acceptors (Lipinski definition) is 3.